The van der Waals surface area contributed by atoms with Crippen LogP contribution >= 0.6 is 0 Å². The van der Waals surface area contributed by atoms with E-state index >= 15 is 0 Å². The summed E-state index contributed by atoms with van der Waals surface area (Å²) in [6, 6.07) is 2.25. The maximum atomic E-state index is 9.06. The van der Waals surface area contributed by atoms with Gasteiger partial charge in [-0.2, -0.15) is 5.26 Å². The molecule has 1 saturated heterocycles. The van der Waals surface area contributed by atoms with Crippen LogP contribution in [0.5, 0.6) is 0 Å². The summed E-state index contributed by atoms with van der Waals surface area (Å²) in [5.74, 6) is 0.222. The topological polar surface area (TPSA) is 42.2 Å². The average molecular weight is 183 g/mol. The molecule has 0 saturated carbocycles. The summed E-state index contributed by atoms with van der Waals surface area (Å²) >= 11 is 0. The first-order valence-electron chi connectivity index (χ1n) is 4.75. The molecule has 0 spiro atoms. The fourth-order valence-corrected chi connectivity index (χ4v) is 1.67. The van der Waals surface area contributed by atoms with Gasteiger partial charge in [-0.3, -0.25) is 0 Å². The minimum atomic E-state index is -0.676. The van der Waals surface area contributed by atoms with E-state index in [1.807, 2.05) is 20.8 Å². The van der Waals surface area contributed by atoms with Gasteiger partial charge in [0, 0.05) is 12.5 Å². The van der Waals surface area contributed by atoms with Gasteiger partial charge in [-0.15, -0.1) is 0 Å². The molecule has 2 unspecified atom stereocenters. The molecule has 2 atom stereocenters. The Balaban J connectivity index is 2.63. The summed E-state index contributed by atoms with van der Waals surface area (Å²) in [5.41, 5.74) is -0.676. The SMILES string of the molecule is CC(C)OC(C)(C#N)C1CCOC1. The van der Waals surface area contributed by atoms with Crippen molar-refractivity contribution in [2.45, 2.75) is 38.9 Å². The summed E-state index contributed by atoms with van der Waals surface area (Å²) in [7, 11) is 0. The van der Waals surface area contributed by atoms with Crippen LogP contribution in [-0.4, -0.2) is 24.9 Å². The predicted octanol–water partition coefficient (Wildman–Crippen LogP) is 1.73. The molecule has 3 heteroatoms. The third-order valence-electron chi connectivity index (χ3n) is 2.41. The van der Waals surface area contributed by atoms with E-state index in [1.54, 1.807) is 0 Å². The summed E-state index contributed by atoms with van der Waals surface area (Å²) in [4.78, 5) is 0. The highest BCUT2D eigenvalue weighted by molar-refractivity contribution is 5.04. The van der Waals surface area contributed by atoms with Gasteiger partial charge in [0.05, 0.1) is 18.8 Å². The lowest BCUT2D eigenvalue weighted by molar-refractivity contribution is -0.0668. The number of rotatable bonds is 3. The summed E-state index contributed by atoms with van der Waals surface area (Å²) in [5, 5.41) is 9.06. The standard InChI is InChI=1S/C10H17NO2/c1-8(2)13-10(3,7-11)9-4-5-12-6-9/h8-9H,4-6H2,1-3H3. The summed E-state index contributed by atoms with van der Waals surface area (Å²) in [6.07, 6.45) is 1.02. The second-order valence-corrected chi connectivity index (χ2v) is 3.95. The number of hydrogen-bond acceptors (Lipinski definition) is 3. The highest BCUT2D eigenvalue weighted by atomic mass is 16.5. The van der Waals surface area contributed by atoms with Crippen molar-refractivity contribution >= 4 is 0 Å². The molecule has 0 aromatic heterocycles. The predicted molar refractivity (Wildman–Crippen MR) is 49.2 cm³/mol. The van der Waals surface area contributed by atoms with Crippen molar-refractivity contribution in [1.82, 2.24) is 0 Å². The molecule has 1 rings (SSSR count). The van der Waals surface area contributed by atoms with Gasteiger partial charge in [-0.25, -0.2) is 0 Å². The van der Waals surface area contributed by atoms with Gasteiger partial charge in [0.25, 0.3) is 0 Å². The van der Waals surface area contributed by atoms with Crippen molar-refractivity contribution in [2.75, 3.05) is 13.2 Å². The third-order valence-corrected chi connectivity index (χ3v) is 2.41. The highest BCUT2D eigenvalue weighted by Gasteiger charge is 2.38. The number of hydrogen-bond donors (Lipinski definition) is 0. The van der Waals surface area contributed by atoms with Gasteiger partial charge in [0.2, 0.25) is 0 Å². The summed E-state index contributed by atoms with van der Waals surface area (Å²) in [6.45, 7) is 7.16. The molecule has 0 aromatic rings. The Morgan fingerprint density at radius 1 is 1.62 bits per heavy atom. The highest BCUT2D eigenvalue weighted by Crippen LogP contribution is 2.29. The zero-order valence-corrected chi connectivity index (χ0v) is 8.54. The van der Waals surface area contributed by atoms with Crippen molar-refractivity contribution in [1.29, 1.82) is 5.26 Å². The fourth-order valence-electron chi connectivity index (χ4n) is 1.67. The Morgan fingerprint density at radius 3 is 2.69 bits per heavy atom. The maximum absolute atomic E-state index is 9.06. The molecule has 1 aliphatic rings. The molecular formula is C10H17NO2. The third kappa shape index (κ3) is 2.43. The van der Waals surface area contributed by atoms with Crippen LogP contribution in [0.2, 0.25) is 0 Å². The Bertz CT molecular complexity index is 203. The molecule has 0 aliphatic carbocycles. The molecule has 1 heterocycles. The van der Waals surface area contributed by atoms with Crippen molar-refractivity contribution in [2.24, 2.45) is 5.92 Å². The molecule has 1 aliphatic heterocycles. The Hall–Kier alpha value is -0.590. The molecule has 74 valence electrons. The van der Waals surface area contributed by atoms with Gasteiger partial charge in [0.15, 0.2) is 5.60 Å². The van der Waals surface area contributed by atoms with Crippen molar-refractivity contribution in [3.63, 3.8) is 0 Å². The molecule has 0 N–H and O–H groups in total. The van der Waals surface area contributed by atoms with Crippen LogP contribution < -0.4 is 0 Å². The van der Waals surface area contributed by atoms with E-state index in [1.165, 1.54) is 0 Å². The quantitative estimate of drug-likeness (QED) is 0.669. The van der Waals surface area contributed by atoms with Crippen LogP contribution in [0.25, 0.3) is 0 Å². The molecule has 0 radical (unpaired) electrons. The van der Waals surface area contributed by atoms with Crippen LogP contribution in [0.4, 0.5) is 0 Å². The first-order valence-corrected chi connectivity index (χ1v) is 4.75. The van der Waals surface area contributed by atoms with E-state index in [2.05, 4.69) is 6.07 Å². The van der Waals surface area contributed by atoms with E-state index in [0.717, 1.165) is 13.0 Å². The Morgan fingerprint density at radius 2 is 2.31 bits per heavy atom. The zero-order chi connectivity index (χ0) is 9.90. The molecular weight excluding hydrogens is 166 g/mol. The minimum Gasteiger partial charge on any atom is -0.381 e. The lowest BCUT2D eigenvalue weighted by Crippen LogP contribution is -2.38. The zero-order valence-electron chi connectivity index (χ0n) is 8.54. The molecule has 0 aromatic carbocycles. The van der Waals surface area contributed by atoms with Gasteiger partial charge in [-0.1, -0.05) is 0 Å². The molecule has 1 fully saturated rings. The molecule has 0 bridgehead atoms. The van der Waals surface area contributed by atoms with Crippen LogP contribution in [0.1, 0.15) is 27.2 Å². The fraction of sp³-hybridized carbons (Fsp3) is 0.900. The van der Waals surface area contributed by atoms with Crippen molar-refractivity contribution < 1.29 is 9.47 Å². The second kappa shape index (κ2) is 4.08. The monoisotopic (exact) mass is 183 g/mol. The van der Waals surface area contributed by atoms with Crippen LogP contribution in [0.15, 0.2) is 0 Å². The van der Waals surface area contributed by atoms with Crippen LogP contribution in [0, 0.1) is 17.2 Å². The van der Waals surface area contributed by atoms with Crippen molar-refractivity contribution in [3.8, 4) is 6.07 Å². The average Bonchev–Trinajstić information content (AvgIpc) is 2.55. The first kappa shape index (κ1) is 10.5. The van der Waals surface area contributed by atoms with E-state index in [0.29, 0.717) is 6.61 Å². The van der Waals surface area contributed by atoms with E-state index in [4.69, 9.17) is 14.7 Å². The minimum absolute atomic E-state index is 0.0882. The van der Waals surface area contributed by atoms with E-state index < -0.39 is 5.60 Å². The van der Waals surface area contributed by atoms with E-state index in [9.17, 15) is 0 Å². The lowest BCUT2D eigenvalue weighted by atomic mass is 9.89. The van der Waals surface area contributed by atoms with Crippen LogP contribution in [-0.2, 0) is 9.47 Å². The molecule has 3 nitrogen and oxygen atoms in total. The lowest BCUT2D eigenvalue weighted by Gasteiger charge is -2.29. The largest absolute Gasteiger partial charge is 0.381 e. The number of nitrogens with zero attached hydrogens (tertiary/aromatic N) is 1. The Labute approximate surface area is 79.6 Å². The molecule has 0 amide bonds. The second-order valence-electron chi connectivity index (χ2n) is 3.95. The van der Waals surface area contributed by atoms with Crippen LogP contribution in [0.3, 0.4) is 0 Å². The Kier molecular flexibility index (Phi) is 3.29. The number of ether oxygens (including phenoxy) is 2. The first-order chi connectivity index (χ1) is 6.08. The van der Waals surface area contributed by atoms with Gasteiger partial charge >= 0.3 is 0 Å². The summed E-state index contributed by atoms with van der Waals surface area (Å²) < 4.78 is 10.9. The number of nitriles is 1. The van der Waals surface area contributed by atoms with Gasteiger partial charge in [0.1, 0.15) is 0 Å². The maximum Gasteiger partial charge on any atom is 0.156 e. The van der Waals surface area contributed by atoms with Gasteiger partial charge < -0.3 is 9.47 Å². The smallest absolute Gasteiger partial charge is 0.156 e. The normalized spacial score (nSPS) is 27.2. The van der Waals surface area contributed by atoms with E-state index in [-0.39, 0.29) is 12.0 Å². The van der Waals surface area contributed by atoms with Crippen molar-refractivity contribution in [3.05, 3.63) is 0 Å². The van der Waals surface area contributed by atoms with Gasteiger partial charge in [-0.05, 0) is 27.2 Å². The molecule has 13 heavy (non-hydrogen) atoms.